The molecular formula is C12H9F2S+. The fraction of sp³-hybridized carbons (Fsp3) is 0. The van der Waals surface area contributed by atoms with E-state index in [2.05, 4.69) is 0 Å². The molecule has 0 amide bonds. The van der Waals surface area contributed by atoms with E-state index in [9.17, 15) is 8.78 Å². The van der Waals surface area contributed by atoms with Crippen molar-refractivity contribution in [3.05, 3.63) is 60.2 Å². The van der Waals surface area contributed by atoms with Crippen LogP contribution in [0, 0.1) is 11.6 Å². The lowest BCUT2D eigenvalue weighted by Gasteiger charge is -1.92. The van der Waals surface area contributed by atoms with Gasteiger partial charge in [0.05, 0.1) is 0 Å². The third-order valence-corrected chi connectivity index (χ3v) is 3.02. The van der Waals surface area contributed by atoms with Gasteiger partial charge in [-0.25, -0.2) is 8.78 Å². The lowest BCUT2D eigenvalue weighted by Crippen LogP contribution is -1.85. The predicted molar refractivity (Wildman–Crippen MR) is 58.1 cm³/mol. The van der Waals surface area contributed by atoms with Crippen LogP contribution in [0.4, 0.5) is 8.78 Å². The van der Waals surface area contributed by atoms with Gasteiger partial charge in [0.15, 0.2) is 9.79 Å². The molecule has 15 heavy (non-hydrogen) atoms. The third kappa shape index (κ3) is 2.80. The fourth-order valence-corrected chi connectivity index (χ4v) is 2.07. The average Bonchev–Trinajstić information content (AvgIpc) is 2.25. The van der Waals surface area contributed by atoms with Crippen molar-refractivity contribution in [2.24, 2.45) is 0 Å². The van der Waals surface area contributed by atoms with Crippen molar-refractivity contribution in [3.8, 4) is 0 Å². The molecule has 0 aliphatic heterocycles. The molecule has 0 N–H and O–H groups in total. The summed E-state index contributed by atoms with van der Waals surface area (Å²) in [4.78, 5) is 1.98. The number of halogens is 2. The topological polar surface area (TPSA) is 0 Å². The molecular weight excluding hydrogens is 214 g/mol. The van der Waals surface area contributed by atoms with E-state index in [1.54, 1.807) is 24.3 Å². The van der Waals surface area contributed by atoms with Crippen molar-refractivity contribution in [2.75, 3.05) is 0 Å². The Bertz CT molecular complexity index is 391. The second kappa shape index (κ2) is 4.45. The van der Waals surface area contributed by atoms with E-state index < -0.39 is 0 Å². The van der Waals surface area contributed by atoms with Crippen LogP contribution in [0.3, 0.4) is 0 Å². The van der Waals surface area contributed by atoms with Crippen molar-refractivity contribution in [3.63, 3.8) is 0 Å². The Balaban J connectivity index is 2.15. The summed E-state index contributed by atoms with van der Waals surface area (Å²) in [6, 6.07) is 12.6. The summed E-state index contributed by atoms with van der Waals surface area (Å²) in [7, 11) is 0. The molecule has 0 bridgehead atoms. The number of benzene rings is 2. The Morgan fingerprint density at radius 1 is 0.600 bits per heavy atom. The van der Waals surface area contributed by atoms with Crippen molar-refractivity contribution < 1.29 is 8.78 Å². The van der Waals surface area contributed by atoms with Crippen LogP contribution < -0.4 is 0 Å². The maximum atomic E-state index is 12.6. The zero-order valence-corrected chi connectivity index (χ0v) is 8.72. The van der Waals surface area contributed by atoms with E-state index in [1.807, 2.05) is 0 Å². The molecule has 0 radical (unpaired) electrons. The van der Waals surface area contributed by atoms with Gasteiger partial charge in [0.25, 0.3) is 0 Å². The summed E-state index contributed by atoms with van der Waals surface area (Å²) in [5.74, 6) is -0.485. The summed E-state index contributed by atoms with van der Waals surface area (Å²) in [5, 5.41) is 0. The standard InChI is InChI=1S/C12H8F2S/c13-9-1-5-11(6-2-9)15-12-7-3-10(14)4-8-12/h1-8H/p+1. The van der Waals surface area contributed by atoms with E-state index in [0.717, 1.165) is 21.6 Å². The van der Waals surface area contributed by atoms with Gasteiger partial charge >= 0.3 is 0 Å². The Morgan fingerprint density at radius 2 is 0.933 bits per heavy atom. The second-order valence-electron chi connectivity index (χ2n) is 3.06. The van der Waals surface area contributed by atoms with Crippen LogP contribution in [0.25, 0.3) is 0 Å². The molecule has 0 heterocycles. The molecule has 0 aliphatic rings. The summed E-state index contributed by atoms with van der Waals surface area (Å²) >= 11 is 0.954. The van der Waals surface area contributed by atoms with Gasteiger partial charge in [0.2, 0.25) is 0 Å². The molecule has 2 rings (SSSR count). The van der Waals surface area contributed by atoms with Gasteiger partial charge in [-0.2, -0.15) is 0 Å². The largest absolute Gasteiger partial charge is 0.207 e. The van der Waals surface area contributed by atoms with Crippen LogP contribution in [0.5, 0.6) is 0 Å². The van der Waals surface area contributed by atoms with Gasteiger partial charge in [0.1, 0.15) is 11.6 Å². The van der Waals surface area contributed by atoms with E-state index >= 15 is 0 Å². The van der Waals surface area contributed by atoms with Crippen molar-refractivity contribution in [1.82, 2.24) is 0 Å². The van der Waals surface area contributed by atoms with E-state index in [1.165, 1.54) is 24.3 Å². The molecule has 2 aromatic rings. The van der Waals surface area contributed by atoms with E-state index in [0.29, 0.717) is 0 Å². The predicted octanol–water partition coefficient (Wildman–Crippen LogP) is 3.20. The fourth-order valence-electron chi connectivity index (χ4n) is 1.18. The Morgan fingerprint density at radius 3 is 1.27 bits per heavy atom. The molecule has 0 saturated heterocycles. The molecule has 3 heteroatoms. The number of hydrogen-bond acceptors (Lipinski definition) is 0. The Kier molecular flexibility index (Phi) is 3.02. The molecule has 0 unspecified atom stereocenters. The Labute approximate surface area is 90.9 Å². The first-order chi connectivity index (χ1) is 7.24. The maximum absolute atomic E-state index is 12.6. The summed E-state index contributed by atoms with van der Waals surface area (Å²) in [5.41, 5.74) is 0. The second-order valence-corrected chi connectivity index (χ2v) is 4.32. The molecule has 0 spiro atoms. The van der Waals surface area contributed by atoms with Crippen LogP contribution in [-0.2, 0) is 11.8 Å². The van der Waals surface area contributed by atoms with Gasteiger partial charge in [0, 0.05) is 11.8 Å². The minimum absolute atomic E-state index is 0.243. The monoisotopic (exact) mass is 223 g/mol. The molecule has 0 nitrogen and oxygen atoms in total. The van der Waals surface area contributed by atoms with Gasteiger partial charge in [-0.3, -0.25) is 0 Å². The van der Waals surface area contributed by atoms with Gasteiger partial charge in [-0.15, -0.1) is 0 Å². The molecule has 0 atom stereocenters. The minimum atomic E-state index is -0.243. The average molecular weight is 223 g/mol. The Hall–Kier alpha value is -1.35. The maximum Gasteiger partial charge on any atom is 0.158 e. The summed E-state index contributed by atoms with van der Waals surface area (Å²) in [6.45, 7) is 0. The van der Waals surface area contributed by atoms with Crippen molar-refractivity contribution in [1.29, 1.82) is 0 Å². The lowest BCUT2D eigenvalue weighted by atomic mass is 10.3. The first-order valence-electron chi connectivity index (χ1n) is 4.47. The highest BCUT2D eigenvalue weighted by Crippen LogP contribution is 2.13. The number of rotatable bonds is 2. The molecule has 0 aliphatic carbocycles. The first kappa shape index (κ1) is 10.2. The smallest absolute Gasteiger partial charge is 0.158 e. The molecule has 0 aromatic heterocycles. The highest BCUT2D eigenvalue weighted by Gasteiger charge is 2.06. The first-order valence-corrected chi connectivity index (χ1v) is 5.36. The van der Waals surface area contributed by atoms with Crippen LogP contribution in [0.15, 0.2) is 58.3 Å². The van der Waals surface area contributed by atoms with Crippen LogP contribution in [0.1, 0.15) is 0 Å². The van der Waals surface area contributed by atoms with Crippen LogP contribution >= 0.6 is 0 Å². The highest BCUT2D eigenvalue weighted by molar-refractivity contribution is 7.78. The number of hydrogen-bond donors (Lipinski definition) is 0. The quantitative estimate of drug-likeness (QED) is 0.542. The van der Waals surface area contributed by atoms with E-state index in [-0.39, 0.29) is 11.6 Å². The highest BCUT2D eigenvalue weighted by atomic mass is 32.2. The van der Waals surface area contributed by atoms with Crippen LogP contribution in [0.2, 0.25) is 0 Å². The van der Waals surface area contributed by atoms with Crippen LogP contribution in [-0.4, -0.2) is 0 Å². The zero-order valence-electron chi connectivity index (χ0n) is 7.82. The normalized spacial score (nSPS) is 10.3. The lowest BCUT2D eigenvalue weighted by molar-refractivity contribution is 0.626. The molecule has 0 fully saturated rings. The van der Waals surface area contributed by atoms with Crippen molar-refractivity contribution in [2.45, 2.75) is 9.79 Å². The third-order valence-electron chi connectivity index (χ3n) is 1.91. The minimum Gasteiger partial charge on any atom is -0.207 e. The summed E-state index contributed by atoms with van der Waals surface area (Å²) in [6.07, 6.45) is 0. The van der Waals surface area contributed by atoms with Gasteiger partial charge < -0.3 is 0 Å². The van der Waals surface area contributed by atoms with E-state index in [4.69, 9.17) is 0 Å². The molecule has 0 saturated carbocycles. The van der Waals surface area contributed by atoms with Gasteiger partial charge in [-0.1, -0.05) is 0 Å². The SMILES string of the molecule is Fc1ccc([SH+]c2ccc(F)cc2)cc1. The molecule has 76 valence electrons. The van der Waals surface area contributed by atoms with Crippen molar-refractivity contribution >= 4 is 11.8 Å². The number of thiol groups is 1. The van der Waals surface area contributed by atoms with Gasteiger partial charge in [-0.05, 0) is 48.5 Å². The molecule has 2 aromatic carbocycles. The zero-order chi connectivity index (χ0) is 10.7. The summed E-state index contributed by atoms with van der Waals surface area (Å²) < 4.78 is 25.3.